The molecule has 0 aliphatic heterocycles. The number of fused-ring (bicyclic) bond motifs is 1. The highest BCUT2D eigenvalue weighted by Gasteiger charge is 2.15. The minimum atomic E-state index is -0.615. The SMILES string of the molecule is CCc1ccc2c(c1)/C(=N/NC(N)=O)CCC2. The Morgan fingerprint density at radius 3 is 3.00 bits per heavy atom. The summed E-state index contributed by atoms with van der Waals surface area (Å²) in [6.07, 6.45) is 4.04. The van der Waals surface area contributed by atoms with Crippen LogP contribution in [0.25, 0.3) is 0 Å². The number of amides is 2. The Kier molecular flexibility index (Phi) is 3.42. The van der Waals surface area contributed by atoms with Crippen LogP contribution >= 0.6 is 0 Å². The molecule has 1 aromatic rings. The molecule has 17 heavy (non-hydrogen) atoms. The van der Waals surface area contributed by atoms with Gasteiger partial charge in [0, 0.05) is 5.56 Å². The molecule has 1 aliphatic carbocycles. The smallest absolute Gasteiger partial charge is 0.332 e. The maximum absolute atomic E-state index is 10.7. The molecule has 0 heterocycles. The van der Waals surface area contributed by atoms with E-state index in [4.69, 9.17) is 5.73 Å². The van der Waals surface area contributed by atoms with Crippen LogP contribution in [0.2, 0.25) is 0 Å². The lowest BCUT2D eigenvalue weighted by atomic mass is 9.88. The van der Waals surface area contributed by atoms with Crippen LogP contribution in [0, 0.1) is 0 Å². The fourth-order valence-corrected chi connectivity index (χ4v) is 2.15. The molecule has 0 fully saturated rings. The maximum Gasteiger partial charge on any atom is 0.332 e. The summed E-state index contributed by atoms with van der Waals surface area (Å²) in [6, 6.07) is 5.86. The molecule has 0 atom stereocenters. The Labute approximate surface area is 101 Å². The van der Waals surface area contributed by atoms with Gasteiger partial charge in [-0.15, -0.1) is 0 Å². The molecule has 0 saturated carbocycles. The highest BCUT2D eigenvalue weighted by Crippen LogP contribution is 2.23. The summed E-state index contributed by atoms with van der Waals surface area (Å²) >= 11 is 0. The number of nitrogens with zero attached hydrogens (tertiary/aromatic N) is 1. The van der Waals surface area contributed by atoms with Crippen molar-refractivity contribution in [3.63, 3.8) is 0 Å². The van der Waals surface area contributed by atoms with Gasteiger partial charge in [0.25, 0.3) is 0 Å². The average Bonchev–Trinajstić information content (AvgIpc) is 2.35. The van der Waals surface area contributed by atoms with Gasteiger partial charge < -0.3 is 5.73 Å². The second kappa shape index (κ2) is 4.99. The fourth-order valence-electron chi connectivity index (χ4n) is 2.15. The summed E-state index contributed by atoms with van der Waals surface area (Å²) in [7, 11) is 0. The van der Waals surface area contributed by atoms with Gasteiger partial charge in [-0.1, -0.05) is 19.1 Å². The van der Waals surface area contributed by atoms with E-state index in [1.54, 1.807) is 0 Å². The molecule has 1 aromatic carbocycles. The fraction of sp³-hybridized carbons (Fsp3) is 0.385. The Bertz CT molecular complexity index is 466. The molecule has 2 rings (SSSR count). The van der Waals surface area contributed by atoms with E-state index in [0.717, 1.165) is 37.0 Å². The third-order valence-corrected chi connectivity index (χ3v) is 3.05. The lowest BCUT2D eigenvalue weighted by Crippen LogP contribution is -2.27. The zero-order chi connectivity index (χ0) is 12.3. The van der Waals surface area contributed by atoms with Crippen molar-refractivity contribution in [2.24, 2.45) is 10.8 Å². The second-order valence-corrected chi connectivity index (χ2v) is 4.23. The number of hydrogen-bond donors (Lipinski definition) is 2. The maximum atomic E-state index is 10.7. The predicted molar refractivity (Wildman–Crippen MR) is 68.0 cm³/mol. The lowest BCUT2D eigenvalue weighted by Gasteiger charge is -2.18. The van der Waals surface area contributed by atoms with Crippen LogP contribution in [0.1, 0.15) is 36.5 Å². The Morgan fingerprint density at radius 2 is 2.29 bits per heavy atom. The molecular weight excluding hydrogens is 214 g/mol. The molecule has 0 bridgehead atoms. The summed E-state index contributed by atoms with van der Waals surface area (Å²) < 4.78 is 0. The molecule has 1 aliphatic rings. The van der Waals surface area contributed by atoms with E-state index < -0.39 is 6.03 Å². The number of carbonyl (C=O) groups is 1. The van der Waals surface area contributed by atoms with Gasteiger partial charge in [-0.25, -0.2) is 10.2 Å². The monoisotopic (exact) mass is 231 g/mol. The van der Waals surface area contributed by atoms with Crippen LogP contribution in [0.5, 0.6) is 0 Å². The van der Waals surface area contributed by atoms with E-state index in [1.165, 1.54) is 11.1 Å². The first-order chi connectivity index (χ1) is 8.20. The van der Waals surface area contributed by atoms with E-state index in [1.807, 2.05) is 0 Å². The van der Waals surface area contributed by atoms with Crippen molar-refractivity contribution >= 4 is 11.7 Å². The van der Waals surface area contributed by atoms with Crippen molar-refractivity contribution in [3.05, 3.63) is 34.9 Å². The predicted octanol–water partition coefficient (Wildman–Crippen LogP) is 1.96. The van der Waals surface area contributed by atoms with Crippen LogP contribution in [-0.4, -0.2) is 11.7 Å². The van der Waals surface area contributed by atoms with Crippen LogP contribution in [0.4, 0.5) is 4.79 Å². The number of benzene rings is 1. The van der Waals surface area contributed by atoms with Gasteiger partial charge in [0.1, 0.15) is 0 Å². The zero-order valence-corrected chi connectivity index (χ0v) is 9.99. The largest absolute Gasteiger partial charge is 0.350 e. The minimum Gasteiger partial charge on any atom is -0.350 e. The van der Waals surface area contributed by atoms with Gasteiger partial charge in [-0.3, -0.25) is 0 Å². The zero-order valence-electron chi connectivity index (χ0n) is 9.99. The van der Waals surface area contributed by atoms with Gasteiger partial charge in [0.05, 0.1) is 5.71 Å². The standard InChI is InChI=1S/C13H17N3O/c1-2-9-6-7-10-4-3-5-12(11(10)8-9)15-16-13(14)17/h6-8H,2-5H2,1H3,(H3,14,16,17)/b15-12+. The quantitative estimate of drug-likeness (QED) is 0.751. The molecule has 0 unspecified atom stereocenters. The second-order valence-electron chi connectivity index (χ2n) is 4.23. The lowest BCUT2D eigenvalue weighted by molar-refractivity contribution is 0.249. The third-order valence-electron chi connectivity index (χ3n) is 3.05. The van der Waals surface area contributed by atoms with Crippen molar-refractivity contribution in [1.29, 1.82) is 0 Å². The van der Waals surface area contributed by atoms with Crippen LogP contribution < -0.4 is 11.2 Å². The minimum absolute atomic E-state index is 0.615. The average molecular weight is 231 g/mol. The van der Waals surface area contributed by atoms with Crippen LogP contribution in [0.3, 0.4) is 0 Å². The van der Waals surface area contributed by atoms with Gasteiger partial charge in [-0.2, -0.15) is 5.10 Å². The summed E-state index contributed by atoms with van der Waals surface area (Å²) in [6.45, 7) is 2.13. The number of hydrazone groups is 1. The van der Waals surface area contributed by atoms with Gasteiger partial charge >= 0.3 is 6.03 Å². The molecule has 90 valence electrons. The van der Waals surface area contributed by atoms with Crippen molar-refractivity contribution in [2.75, 3.05) is 0 Å². The van der Waals surface area contributed by atoms with Crippen LogP contribution in [0.15, 0.2) is 23.3 Å². The number of nitrogens with two attached hydrogens (primary N) is 1. The number of primary amides is 1. The topological polar surface area (TPSA) is 67.5 Å². The van der Waals surface area contributed by atoms with Crippen LogP contribution in [-0.2, 0) is 12.8 Å². The summed E-state index contributed by atoms with van der Waals surface area (Å²) in [5, 5.41) is 4.09. The molecule has 3 N–H and O–H groups in total. The van der Waals surface area contributed by atoms with Gasteiger partial charge in [-0.05, 0) is 42.9 Å². The van der Waals surface area contributed by atoms with Gasteiger partial charge in [0.15, 0.2) is 0 Å². The Balaban J connectivity index is 2.35. The van der Waals surface area contributed by atoms with E-state index in [9.17, 15) is 4.79 Å². The van der Waals surface area contributed by atoms with Crippen molar-refractivity contribution in [3.8, 4) is 0 Å². The summed E-state index contributed by atoms with van der Waals surface area (Å²) in [5.41, 5.74) is 12.0. The van der Waals surface area contributed by atoms with Crippen molar-refractivity contribution in [1.82, 2.24) is 5.43 Å². The number of aryl methyl sites for hydroxylation is 2. The number of rotatable bonds is 2. The summed E-state index contributed by atoms with van der Waals surface area (Å²) in [4.78, 5) is 10.7. The molecule has 2 amide bonds. The Morgan fingerprint density at radius 1 is 1.47 bits per heavy atom. The van der Waals surface area contributed by atoms with E-state index >= 15 is 0 Å². The number of carbonyl (C=O) groups excluding carboxylic acids is 1. The normalized spacial score (nSPS) is 16.6. The molecule has 0 aromatic heterocycles. The molecule has 4 heteroatoms. The van der Waals surface area contributed by atoms with E-state index in [0.29, 0.717) is 0 Å². The third kappa shape index (κ3) is 2.64. The molecule has 0 saturated heterocycles. The van der Waals surface area contributed by atoms with E-state index in [2.05, 4.69) is 35.7 Å². The number of hydrogen-bond acceptors (Lipinski definition) is 2. The molecular formula is C13H17N3O. The van der Waals surface area contributed by atoms with Crippen molar-refractivity contribution < 1.29 is 4.79 Å². The first-order valence-corrected chi connectivity index (χ1v) is 5.95. The number of nitrogens with one attached hydrogen (secondary N) is 1. The highest BCUT2D eigenvalue weighted by molar-refractivity contribution is 6.03. The molecule has 0 radical (unpaired) electrons. The Hall–Kier alpha value is -1.84. The van der Waals surface area contributed by atoms with Crippen molar-refractivity contribution in [2.45, 2.75) is 32.6 Å². The summed E-state index contributed by atoms with van der Waals surface area (Å²) in [5.74, 6) is 0. The first kappa shape index (κ1) is 11.6. The number of urea groups is 1. The molecule has 0 spiro atoms. The first-order valence-electron chi connectivity index (χ1n) is 5.95. The van der Waals surface area contributed by atoms with E-state index in [-0.39, 0.29) is 0 Å². The van der Waals surface area contributed by atoms with Gasteiger partial charge in [0.2, 0.25) is 0 Å². The molecule has 4 nitrogen and oxygen atoms in total. The highest BCUT2D eigenvalue weighted by atomic mass is 16.2.